The summed E-state index contributed by atoms with van der Waals surface area (Å²) < 4.78 is 0. The molecule has 0 bridgehead atoms. The molecular weight excluding hydrogens is 280 g/mol. The van der Waals surface area contributed by atoms with E-state index in [4.69, 9.17) is 0 Å². The third-order valence-electron chi connectivity index (χ3n) is 3.93. The Labute approximate surface area is 130 Å². The molecule has 2 aromatic heterocycles. The van der Waals surface area contributed by atoms with Crippen molar-refractivity contribution in [3.63, 3.8) is 0 Å². The third kappa shape index (κ3) is 2.88. The van der Waals surface area contributed by atoms with Gasteiger partial charge in [0.1, 0.15) is 18.0 Å². The zero-order chi connectivity index (χ0) is 14.7. The molecule has 1 aliphatic rings. The van der Waals surface area contributed by atoms with Gasteiger partial charge in [-0.25, -0.2) is 9.97 Å². The average molecular weight is 302 g/mol. The highest BCUT2D eigenvalue weighted by atomic mass is 32.1. The number of fused-ring (bicyclic) bond motifs is 1. The van der Waals surface area contributed by atoms with Crippen molar-refractivity contribution in [2.24, 2.45) is 0 Å². The van der Waals surface area contributed by atoms with Gasteiger partial charge in [0.15, 0.2) is 0 Å². The van der Waals surface area contributed by atoms with Crippen LogP contribution in [0.1, 0.15) is 36.3 Å². The summed E-state index contributed by atoms with van der Waals surface area (Å²) in [5.74, 6) is 2.10. The number of aromatic nitrogens is 2. The van der Waals surface area contributed by atoms with Gasteiger partial charge in [0.2, 0.25) is 0 Å². The van der Waals surface area contributed by atoms with Crippen LogP contribution in [0.5, 0.6) is 0 Å². The lowest BCUT2D eigenvalue weighted by molar-refractivity contribution is 0.724. The topological polar surface area (TPSA) is 41.1 Å². The van der Waals surface area contributed by atoms with Gasteiger partial charge in [0.05, 0.1) is 0 Å². The summed E-state index contributed by atoms with van der Waals surface area (Å²) in [6.45, 7) is 7.32. The van der Waals surface area contributed by atoms with Crippen LogP contribution in [-0.2, 0) is 19.4 Å². The second kappa shape index (κ2) is 6.43. The molecule has 0 aromatic carbocycles. The highest BCUT2D eigenvalue weighted by Gasteiger charge is 2.21. The first-order chi connectivity index (χ1) is 10.3. The van der Waals surface area contributed by atoms with E-state index in [2.05, 4.69) is 45.5 Å². The smallest absolute Gasteiger partial charge is 0.137 e. The van der Waals surface area contributed by atoms with Crippen LogP contribution in [0, 0.1) is 0 Å². The van der Waals surface area contributed by atoms with E-state index in [0.29, 0.717) is 0 Å². The fourth-order valence-corrected chi connectivity index (χ4v) is 3.72. The maximum Gasteiger partial charge on any atom is 0.137 e. The summed E-state index contributed by atoms with van der Waals surface area (Å²) in [4.78, 5) is 12.9. The highest BCUT2D eigenvalue weighted by Crippen LogP contribution is 2.30. The molecule has 4 nitrogen and oxygen atoms in total. The number of rotatable bonds is 5. The Hall–Kier alpha value is -1.62. The van der Waals surface area contributed by atoms with Crippen molar-refractivity contribution in [3.8, 4) is 0 Å². The van der Waals surface area contributed by atoms with Crippen molar-refractivity contribution < 1.29 is 0 Å². The van der Waals surface area contributed by atoms with Gasteiger partial charge in [-0.2, -0.15) is 0 Å². The van der Waals surface area contributed by atoms with Crippen molar-refractivity contribution in [1.29, 1.82) is 0 Å². The van der Waals surface area contributed by atoms with E-state index < -0.39 is 0 Å². The number of hydrogen-bond donors (Lipinski definition) is 1. The zero-order valence-electron chi connectivity index (χ0n) is 12.7. The number of anilines is 2. The summed E-state index contributed by atoms with van der Waals surface area (Å²) in [6, 6.07) is 2.25. The molecule has 2 aromatic rings. The number of hydrogen-bond acceptors (Lipinski definition) is 5. The molecule has 112 valence electrons. The number of thiophene rings is 1. The minimum absolute atomic E-state index is 0.954. The maximum absolute atomic E-state index is 4.58. The third-order valence-corrected chi connectivity index (χ3v) is 4.95. The summed E-state index contributed by atoms with van der Waals surface area (Å²) in [6.07, 6.45) is 4.87. The zero-order valence-corrected chi connectivity index (χ0v) is 13.5. The van der Waals surface area contributed by atoms with Gasteiger partial charge >= 0.3 is 0 Å². The fraction of sp³-hybridized carbons (Fsp3) is 0.500. The minimum Gasteiger partial charge on any atom is -0.370 e. The van der Waals surface area contributed by atoms with Crippen LogP contribution in [0.3, 0.4) is 0 Å². The van der Waals surface area contributed by atoms with Crippen molar-refractivity contribution >= 4 is 23.0 Å². The average Bonchev–Trinajstić information content (AvgIpc) is 2.99. The summed E-state index contributed by atoms with van der Waals surface area (Å²) in [7, 11) is 0. The molecule has 1 N–H and O–H groups in total. The highest BCUT2D eigenvalue weighted by molar-refractivity contribution is 7.10. The second-order valence-corrected chi connectivity index (χ2v) is 6.35. The van der Waals surface area contributed by atoms with Crippen LogP contribution >= 0.6 is 11.3 Å². The molecule has 0 aliphatic carbocycles. The van der Waals surface area contributed by atoms with E-state index in [1.165, 1.54) is 16.0 Å². The van der Waals surface area contributed by atoms with E-state index in [1.807, 2.05) is 11.3 Å². The molecule has 0 atom stereocenters. The number of nitrogens with one attached hydrogen (secondary N) is 1. The Bertz CT molecular complexity index is 608. The molecule has 0 saturated carbocycles. The van der Waals surface area contributed by atoms with Gasteiger partial charge in [-0.3, -0.25) is 0 Å². The van der Waals surface area contributed by atoms with E-state index in [9.17, 15) is 0 Å². The Morgan fingerprint density at radius 2 is 2.24 bits per heavy atom. The molecular formula is C16H22N4S. The second-order valence-electron chi connectivity index (χ2n) is 5.35. The van der Waals surface area contributed by atoms with Crippen LogP contribution in [0.2, 0.25) is 0 Å². The van der Waals surface area contributed by atoms with Crippen LogP contribution in [-0.4, -0.2) is 23.1 Å². The fourth-order valence-electron chi connectivity index (χ4n) is 2.83. The molecule has 0 radical (unpaired) electrons. The molecule has 3 heterocycles. The molecule has 21 heavy (non-hydrogen) atoms. The molecule has 0 unspecified atom stereocenters. The summed E-state index contributed by atoms with van der Waals surface area (Å²) in [5, 5.41) is 5.63. The van der Waals surface area contributed by atoms with Crippen molar-refractivity contribution in [2.75, 3.05) is 23.3 Å². The van der Waals surface area contributed by atoms with E-state index in [-0.39, 0.29) is 0 Å². The summed E-state index contributed by atoms with van der Waals surface area (Å²) >= 11 is 1.88. The Morgan fingerprint density at radius 1 is 1.33 bits per heavy atom. The van der Waals surface area contributed by atoms with Gasteiger partial charge in [-0.05, 0) is 36.3 Å². The van der Waals surface area contributed by atoms with Gasteiger partial charge in [-0.1, -0.05) is 13.8 Å². The first-order valence-electron chi connectivity index (χ1n) is 7.71. The molecule has 1 aliphatic heterocycles. The predicted molar refractivity (Wildman–Crippen MR) is 89.3 cm³/mol. The Morgan fingerprint density at radius 3 is 3.05 bits per heavy atom. The quantitative estimate of drug-likeness (QED) is 0.918. The normalized spacial score (nSPS) is 14.1. The summed E-state index contributed by atoms with van der Waals surface area (Å²) in [5.41, 5.74) is 2.69. The van der Waals surface area contributed by atoms with E-state index in [0.717, 1.165) is 50.5 Å². The lowest BCUT2D eigenvalue weighted by Crippen LogP contribution is -2.31. The lowest BCUT2D eigenvalue weighted by atomic mass is 10.1. The molecule has 3 rings (SSSR count). The number of nitrogens with zero attached hydrogens (tertiary/aromatic N) is 3. The minimum atomic E-state index is 0.954. The van der Waals surface area contributed by atoms with Crippen LogP contribution in [0.15, 0.2) is 17.8 Å². The van der Waals surface area contributed by atoms with Crippen LogP contribution in [0.4, 0.5) is 11.6 Å². The van der Waals surface area contributed by atoms with Crippen molar-refractivity contribution in [2.45, 2.75) is 39.7 Å². The van der Waals surface area contributed by atoms with Crippen LogP contribution < -0.4 is 10.2 Å². The Kier molecular flexibility index (Phi) is 4.39. The van der Waals surface area contributed by atoms with Crippen molar-refractivity contribution in [1.82, 2.24) is 9.97 Å². The van der Waals surface area contributed by atoms with Gasteiger partial charge < -0.3 is 10.2 Å². The van der Waals surface area contributed by atoms with E-state index >= 15 is 0 Å². The predicted octanol–water partition coefficient (Wildman–Crippen LogP) is 3.49. The first kappa shape index (κ1) is 14.3. The SMILES string of the molecule is CCCNc1ncnc(N2CCc3sccc3C2)c1CC. The first-order valence-corrected chi connectivity index (χ1v) is 8.59. The molecule has 0 fully saturated rings. The van der Waals surface area contributed by atoms with Crippen molar-refractivity contribution in [3.05, 3.63) is 33.8 Å². The van der Waals surface area contributed by atoms with Crippen LogP contribution in [0.25, 0.3) is 0 Å². The van der Waals surface area contributed by atoms with Gasteiger partial charge in [-0.15, -0.1) is 11.3 Å². The van der Waals surface area contributed by atoms with Gasteiger partial charge in [0, 0.05) is 30.1 Å². The molecule has 5 heteroatoms. The molecule has 0 spiro atoms. The largest absolute Gasteiger partial charge is 0.370 e. The maximum atomic E-state index is 4.58. The van der Waals surface area contributed by atoms with E-state index in [1.54, 1.807) is 6.33 Å². The standard InChI is InChI=1S/C16H22N4S/c1-3-7-17-15-13(4-2)16(19-11-18-15)20-8-5-14-12(10-20)6-9-21-14/h6,9,11H,3-5,7-8,10H2,1-2H3,(H,17,18,19). The Balaban J connectivity index is 1.88. The monoisotopic (exact) mass is 302 g/mol. The van der Waals surface area contributed by atoms with Gasteiger partial charge in [0.25, 0.3) is 0 Å². The molecule has 0 saturated heterocycles. The lowest BCUT2D eigenvalue weighted by Gasteiger charge is -2.30. The molecule has 0 amide bonds.